The summed E-state index contributed by atoms with van der Waals surface area (Å²) >= 11 is 6.13. The average Bonchev–Trinajstić information content (AvgIpc) is 3.05. The van der Waals surface area contributed by atoms with Gasteiger partial charge in [0.1, 0.15) is 5.82 Å². The van der Waals surface area contributed by atoms with Crippen molar-refractivity contribution in [2.45, 2.75) is 39.5 Å². The highest BCUT2D eigenvalue weighted by molar-refractivity contribution is 6.31. The standard InChI is InChI=1S/C22H22ClFN4O3/c1-14(2)31-11-5-10-26-20(29)17-6-3-4-7-19(17)28-21(26)25-27(22(28)30)13-15-8-9-16(24)12-18(15)23/h3-4,6-9,12,14H,5,10-11,13H2,1-2H3. The monoisotopic (exact) mass is 444 g/mol. The van der Waals surface area contributed by atoms with Gasteiger partial charge in [-0.25, -0.2) is 18.3 Å². The van der Waals surface area contributed by atoms with Crippen molar-refractivity contribution in [1.29, 1.82) is 0 Å². The molecule has 0 aliphatic carbocycles. The Balaban J connectivity index is 1.84. The van der Waals surface area contributed by atoms with Crippen LogP contribution in [0.1, 0.15) is 25.8 Å². The minimum absolute atomic E-state index is 0.0542. The zero-order valence-corrected chi connectivity index (χ0v) is 18.0. The average molecular weight is 445 g/mol. The number of para-hydroxylation sites is 1. The first-order valence-corrected chi connectivity index (χ1v) is 10.4. The van der Waals surface area contributed by atoms with E-state index in [1.54, 1.807) is 24.3 Å². The molecule has 9 heteroatoms. The molecule has 0 radical (unpaired) electrons. The van der Waals surface area contributed by atoms with E-state index in [1.807, 2.05) is 13.8 Å². The van der Waals surface area contributed by atoms with E-state index in [-0.39, 0.29) is 29.0 Å². The molecular formula is C22H22ClFN4O3. The van der Waals surface area contributed by atoms with Crippen LogP contribution in [0.3, 0.4) is 0 Å². The van der Waals surface area contributed by atoms with Crippen molar-refractivity contribution < 1.29 is 9.13 Å². The molecule has 0 spiro atoms. The predicted octanol–water partition coefficient (Wildman–Crippen LogP) is 3.47. The fraction of sp³-hybridized carbons (Fsp3) is 0.318. The molecule has 0 amide bonds. The number of aryl methyl sites for hydroxylation is 1. The molecule has 2 aromatic carbocycles. The molecule has 4 rings (SSSR count). The molecule has 4 aromatic rings. The third kappa shape index (κ3) is 4.13. The Bertz CT molecular complexity index is 1370. The van der Waals surface area contributed by atoms with Crippen LogP contribution in [0.5, 0.6) is 0 Å². The summed E-state index contributed by atoms with van der Waals surface area (Å²) in [5.74, 6) is -0.212. The summed E-state index contributed by atoms with van der Waals surface area (Å²) in [7, 11) is 0. The van der Waals surface area contributed by atoms with E-state index in [0.29, 0.717) is 36.0 Å². The molecule has 31 heavy (non-hydrogen) atoms. The van der Waals surface area contributed by atoms with Crippen LogP contribution >= 0.6 is 11.6 Å². The summed E-state index contributed by atoms with van der Waals surface area (Å²) in [6.07, 6.45) is 0.687. The van der Waals surface area contributed by atoms with E-state index in [1.165, 1.54) is 31.8 Å². The second kappa shape index (κ2) is 8.64. The minimum atomic E-state index is -0.459. The molecule has 0 saturated carbocycles. The van der Waals surface area contributed by atoms with Gasteiger partial charge in [-0.05, 0) is 50.1 Å². The molecule has 0 saturated heterocycles. The Labute approximate surface area is 182 Å². The maximum Gasteiger partial charge on any atom is 0.352 e. The lowest BCUT2D eigenvalue weighted by Gasteiger charge is -2.11. The number of aromatic nitrogens is 4. The van der Waals surface area contributed by atoms with E-state index in [0.717, 1.165) is 0 Å². The zero-order valence-electron chi connectivity index (χ0n) is 17.2. The molecule has 0 aliphatic rings. The zero-order chi connectivity index (χ0) is 22.1. The topological polar surface area (TPSA) is 70.5 Å². The molecule has 7 nitrogen and oxygen atoms in total. The van der Waals surface area contributed by atoms with Gasteiger partial charge >= 0.3 is 5.69 Å². The number of nitrogens with zero attached hydrogens (tertiary/aromatic N) is 4. The molecule has 0 fully saturated rings. The lowest BCUT2D eigenvalue weighted by atomic mass is 10.2. The smallest absolute Gasteiger partial charge is 0.352 e. The molecule has 0 bridgehead atoms. The summed E-state index contributed by atoms with van der Waals surface area (Å²) in [6, 6.07) is 10.9. The third-order valence-corrected chi connectivity index (χ3v) is 5.35. The van der Waals surface area contributed by atoms with Crippen LogP contribution < -0.4 is 11.2 Å². The van der Waals surface area contributed by atoms with Crippen LogP contribution in [-0.2, 0) is 17.8 Å². The van der Waals surface area contributed by atoms with Gasteiger partial charge in [-0.2, -0.15) is 0 Å². The van der Waals surface area contributed by atoms with Gasteiger partial charge < -0.3 is 4.74 Å². The summed E-state index contributed by atoms with van der Waals surface area (Å²) in [6.45, 7) is 4.79. The van der Waals surface area contributed by atoms with Crippen LogP contribution in [0.15, 0.2) is 52.1 Å². The Morgan fingerprint density at radius 2 is 1.94 bits per heavy atom. The Morgan fingerprint density at radius 1 is 1.16 bits per heavy atom. The quantitative estimate of drug-likeness (QED) is 0.409. The maximum atomic E-state index is 13.4. The highest BCUT2D eigenvalue weighted by Crippen LogP contribution is 2.18. The SMILES string of the molecule is CC(C)OCCCn1c(=O)c2ccccc2n2c(=O)n(Cc3ccc(F)cc3Cl)nc12. The van der Waals surface area contributed by atoms with Gasteiger partial charge in [0.25, 0.3) is 5.56 Å². The van der Waals surface area contributed by atoms with Gasteiger partial charge in [-0.1, -0.05) is 29.8 Å². The number of hydrogen-bond acceptors (Lipinski definition) is 4. The van der Waals surface area contributed by atoms with Crippen molar-refractivity contribution in [2.75, 3.05) is 6.61 Å². The summed E-state index contributed by atoms with van der Waals surface area (Å²) in [5.41, 5.74) is 0.416. The van der Waals surface area contributed by atoms with Crippen LogP contribution in [0.2, 0.25) is 5.02 Å². The highest BCUT2D eigenvalue weighted by Gasteiger charge is 2.18. The van der Waals surface area contributed by atoms with Crippen molar-refractivity contribution in [3.05, 3.63) is 79.7 Å². The summed E-state index contributed by atoms with van der Waals surface area (Å²) in [4.78, 5) is 26.3. The fourth-order valence-corrected chi connectivity index (χ4v) is 3.75. The molecule has 2 aromatic heterocycles. The first kappa shape index (κ1) is 21.3. The Hall–Kier alpha value is -2.97. The first-order valence-electron chi connectivity index (χ1n) is 10.0. The molecule has 0 N–H and O–H groups in total. The third-order valence-electron chi connectivity index (χ3n) is 5.00. The van der Waals surface area contributed by atoms with Gasteiger partial charge in [0, 0.05) is 18.2 Å². The second-order valence-electron chi connectivity index (χ2n) is 7.56. The summed E-state index contributed by atoms with van der Waals surface area (Å²) in [5, 5.41) is 5.07. The number of ether oxygens (including phenoxy) is 1. The lowest BCUT2D eigenvalue weighted by molar-refractivity contribution is 0.0748. The van der Waals surface area contributed by atoms with Crippen LogP contribution in [-0.4, -0.2) is 31.5 Å². The van der Waals surface area contributed by atoms with Crippen LogP contribution in [0.25, 0.3) is 16.7 Å². The normalized spacial score (nSPS) is 11.8. The minimum Gasteiger partial charge on any atom is -0.379 e. The van der Waals surface area contributed by atoms with E-state index < -0.39 is 11.5 Å². The van der Waals surface area contributed by atoms with Crippen molar-refractivity contribution in [3.8, 4) is 0 Å². The number of hydrogen-bond donors (Lipinski definition) is 0. The number of rotatable bonds is 7. The molecule has 0 aliphatic heterocycles. The van der Waals surface area contributed by atoms with Crippen molar-refractivity contribution in [2.24, 2.45) is 0 Å². The maximum absolute atomic E-state index is 13.4. The largest absolute Gasteiger partial charge is 0.379 e. The molecule has 162 valence electrons. The molecule has 2 heterocycles. The number of benzene rings is 2. The van der Waals surface area contributed by atoms with Gasteiger partial charge in [-0.15, -0.1) is 5.10 Å². The van der Waals surface area contributed by atoms with Crippen molar-refractivity contribution >= 4 is 28.3 Å². The van der Waals surface area contributed by atoms with E-state index in [9.17, 15) is 14.0 Å². The summed E-state index contributed by atoms with van der Waals surface area (Å²) < 4.78 is 23.1. The second-order valence-corrected chi connectivity index (χ2v) is 7.97. The van der Waals surface area contributed by atoms with Crippen LogP contribution in [0.4, 0.5) is 4.39 Å². The molecule has 0 atom stereocenters. The van der Waals surface area contributed by atoms with Crippen LogP contribution in [0, 0.1) is 5.82 Å². The number of halogens is 2. The molecule has 0 unspecified atom stereocenters. The van der Waals surface area contributed by atoms with Gasteiger partial charge in [-0.3, -0.25) is 9.36 Å². The Morgan fingerprint density at radius 3 is 2.68 bits per heavy atom. The van der Waals surface area contributed by atoms with Crippen molar-refractivity contribution in [1.82, 2.24) is 18.7 Å². The van der Waals surface area contributed by atoms with E-state index in [2.05, 4.69) is 5.10 Å². The van der Waals surface area contributed by atoms with E-state index in [4.69, 9.17) is 16.3 Å². The first-order chi connectivity index (χ1) is 14.9. The lowest BCUT2D eigenvalue weighted by Crippen LogP contribution is -2.27. The highest BCUT2D eigenvalue weighted by atomic mass is 35.5. The van der Waals surface area contributed by atoms with Crippen molar-refractivity contribution in [3.63, 3.8) is 0 Å². The van der Waals surface area contributed by atoms with E-state index >= 15 is 0 Å². The van der Waals surface area contributed by atoms with Gasteiger partial charge in [0.05, 0.1) is 23.6 Å². The fourth-order valence-electron chi connectivity index (χ4n) is 3.53. The Kier molecular flexibility index (Phi) is 5.93. The predicted molar refractivity (Wildman–Crippen MR) is 117 cm³/mol. The van der Waals surface area contributed by atoms with Gasteiger partial charge in [0.15, 0.2) is 0 Å². The van der Waals surface area contributed by atoms with Gasteiger partial charge in [0.2, 0.25) is 5.78 Å². The molecular weight excluding hydrogens is 423 g/mol. The number of fused-ring (bicyclic) bond motifs is 3.